The summed E-state index contributed by atoms with van der Waals surface area (Å²) in [6.07, 6.45) is 2.61. The Morgan fingerprint density at radius 1 is 1.24 bits per heavy atom. The third-order valence-electron chi connectivity index (χ3n) is 6.64. The van der Waals surface area contributed by atoms with Crippen LogP contribution in [-0.4, -0.2) is 44.8 Å². The van der Waals surface area contributed by atoms with Crippen LogP contribution >= 0.6 is 0 Å². The molecular formula is C26H32FN3O3. The lowest BCUT2D eigenvalue weighted by Crippen LogP contribution is -2.56. The van der Waals surface area contributed by atoms with E-state index in [0.717, 1.165) is 22.3 Å². The van der Waals surface area contributed by atoms with Crippen molar-refractivity contribution in [2.24, 2.45) is 11.8 Å². The van der Waals surface area contributed by atoms with E-state index in [0.29, 0.717) is 24.1 Å². The van der Waals surface area contributed by atoms with Crippen LogP contribution in [0.4, 0.5) is 9.18 Å². The first-order valence-corrected chi connectivity index (χ1v) is 11.3. The predicted octanol–water partition coefficient (Wildman–Crippen LogP) is 5.39. The van der Waals surface area contributed by atoms with Gasteiger partial charge in [-0.3, -0.25) is 0 Å². The maximum Gasteiger partial charge on any atom is 0.410 e. The minimum Gasteiger partial charge on any atom is -0.444 e. The van der Waals surface area contributed by atoms with Crippen LogP contribution in [0.2, 0.25) is 0 Å². The first-order chi connectivity index (χ1) is 15.4. The zero-order chi connectivity index (χ0) is 24.1. The van der Waals surface area contributed by atoms with E-state index in [1.807, 2.05) is 59.7 Å². The third kappa shape index (κ3) is 4.10. The first-order valence-electron chi connectivity index (χ1n) is 11.3. The Labute approximate surface area is 193 Å². The van der Waals surface area contributed by atoms with E-state index in [2.05, 4.69) is 9.97 Å². The number of aliphatic hydroxyl groups is 1. The first kappa shape index (κ1) is 23.2. The molecule has 1 aliphatic rings. The van der Waals surface area contributed by atoms with Gasteiger partial charge in [0.15, 0.2) is 5.82 Å². The summed E-state index contributed by atoms with van der Waals surface area (Å²) in [6, 6.07) is 7.63. The van der Waals surface area contributed by atoms with E-state index in [1.165, 1.54) is 6.20 Å². The highest BCUT2D eigenvalue weighted by Gasteiger charge is 2.48. The zero-order valence-electron chi connectivity index (χ0n) is 20.1. The average Bonchev–Trinajstić information content (AvgIpc) is 3.11. The highest BCUT2D eigenvalue weighted by atomic mass is 19.1. The van der Waals surface area contributed by atoms with Crippen molar-refractivity contribution in [1.29, 1.82) is 0 Å². The predicted molar refractivity (Wildman–Crippen MR) is 126 cm³/mol. The number of aromatic amines is 1. The minimum atomic E-state index is -1.10. The van der Waals surface area contributed by atoms with Gasteiger partial charge >= 0.3 is 6.09 Å². The molecule has 3 aromatic rings. The smallest absolute Gasteiger partial charge is 0.410 e. The van der Waals surface area contributed by atoms with Gasteiger partial charge in [-0.15, -0.1) is 0 Å². The Kier molecular flexibility index (Phi) is 5.73. The second kappa shape index (κ2) is 8.13. The number of hydrogen-bond donors (Lipinski definition) is 2. The van der Waals surface area contributed by atoms with Crippen molar-refractivity contribution in [2.75, 3.05) is 13.1 Å². The van der Waals surface area contributed by atoms with Gasteiger partial charge in [0.25, 0.3) is 0 Å². The molecule has 0 radical (unpaired) electrons. The molecule has 1 saturated heterocycles. The Hall–Kier alpha value is -2.93. The number of likely N-dealkylation sites (tertiary alicyclic amines) is 1. The summed E-state index contributed by atoms with van der Waals surface area (Å²) in [5, 5.41) is 12.3. The average molecular weight is 454 g/mol. The fraction of sp³-hybridized carbons (Fsp3) is 0.462. The lowest BCUT2D eigenvalue weighted by Gasteiger charge is -2.48. The Morgan fingerprint density at radius 3 is 2.52 bits per heavy atom. The van der Waals surface area contributed by atoms with Gasteiger partial charge in [-0.05, 0) is 56.0 Å². The number of nitrogens with one attached hydrogen (secondary N) is 1. The molecule has 1 unspecified atom stereocenters. The van der Waals surface area contributed by atoms with Gasteiger partial charge in [-0.2, -0.15) is 0 Å². The second-order valence-corrected chi connectivity index (χ2v) is 10.3. The number of H-pyrrole nitrogens is 1. The molecule has 1 aromatic carbocycles. The van der Waals surface area contributed by atoms with Crippen molar-refractivity contribution in [3.8, 4) is 11.1 Å². The van der Waals surface area contributed by atoms with Crippen LogP contribution in [-0.2, 0) is 10.3 Å². The number of piperidine rings is 1. The number of benzene rings is 1. The van der Waals surface area contributed by atoms with Gasteiger partial charge < -0.3 is 19.7 Å². The molecule has 2 N–H and O–H groups in total. The van der Waals surface area contributed by atoms with Crippen LogP contribution in [0.25, 0.3) is 22.2 Å². The summed E-state index contributed by atoms with van der Waals surface area (Å²) in [4.78, 5) is 21.3. The molecule has 3 heterocycles. The summed E-state index contributed by atoms with van der Waals surface area (Å²) < 4.78 is 19.9. The summed E-state index contributed by atoms with van der Waals surface area (Å²) in [7, 11) is 0. The Morgan fingerprint density at radius 2 is 1.91 bits per heavy atom. The number of carbonyl (C=O) groups excluding carboxylic acids is 1. The highest BCUT2D eigenvalue weighted by molar-refractivity contribution is 5.93. The van der Waals surface area contributed by atoms with E-state index in [4.69, 9.17) is 4.74 Å². The summed E-state index contributed by atoms with van der Waals surface area (Å²) in [5.41, 5.74) is 2.19. The molecule has 0 spiro atoms. The van der Waals surface area contributed by atoms with E-state index in [9.17, 15) is 14.3 Å². The topological polar surface area (TPSA) is 78.5 Å². The summed E-state index contributed by atoms with van der Waals surface area (Å²) in [6.45, 7) is 12.2. The summed E-state index contributed by atoms with van der Waals surface area (Å²) >= 11 is 0. The number of nitrogens with zero attached hydrogens (tertiary/aromatic N) is 2. The molecule has 4 rings (SSSR count). The largest absolute Gasteiger partial charge is 0.444 e. The van der Waals surface area contributed by atoms with E-state index in [1.54, 1.807) is 17.2 Å². The zero-order valence-corrected chi connectivity index (χ0v) is 20.1. The van der Waals surface area contributed by atoms with Crippen LogP contribution in [0.15, 0.2) is 36.7 Å². The molecule has 6 nitrogen and oxygen atoms in total. The molecule has 7 heteroatoms. The molecule has 1 amide bonds. The Balaban J connectivity index is 1.65. The van der Waals surface area contributed by atoms with Crippen molar-refractivity contribution >= 4 is 17.1 Å². The quantitative estimate of drug-likeness (QED) is 0.545. The van der Waals surface area contributed by atoms with Crippen LogP contribution in [0.3, 0.4) is 0 Å². The van der Waals surface area contributed by atoms with Crippen molar-refractivity contribution in [3.63, 3.8) is 0 Å². The second-order valence-electron chi connectivity index (χ2n) is 10.3. The van der Waals surface area contributed by atoms with E-state index < -0.39 is 11.2 Å². The fourth-order valence-corrected chi connectivity index (χ4v) is 5.04. The number of aryl methyl sites for hydroxylation is 1. The Bertz CT molecular complexity index is 1190. The number of halogens is 1. The summed E-state index contributed by atoms with van der Waals surface area (Å²) in [5.74, 6) is -0.744. The van der Waals surface area contributed by atoms with Crippen LogP contribution in [0.5, 0.6) is 0 Å². The molecule has 0 aliphatic carbocycles. The van der Waals surface area contributed by atoms with Crippen molar-refractivity contribution in [2.45, 2.75) is 52.7 Å². The van der Waals surface area contributed by atoms with Gasteiger partial charge in [-0.1, -0.05) is 32.0 Å². The number of aromatic nitrogens is 2. The molecule has 1 fully saturated rings. The van der Waals surface area contributed by atoms with Gasteiger partial charge in [0, 0.05) is 37.3 Å². The molecule has 33 heavy (non-hydrogen) atoms. The monoisotopic (exact) mass is 453 g/mol. The fourth-order valence-electron chi connectivity index (χ4n) is 5.04. The standard InChI is InChI=1S/C26H32FN3O3/c1-15-11-18(19-9-10-28-23-22(19)21(27)12-29-23)7-8-20(15)26(32)16(2)13-30(14-17(26)3)24(31)33-25(4,5)6/h7-12,16-17,32H,13-14H2,1-6H3,(H,28,29)/t16-,17+,26?. The van der Waals surface area contributed by atoms with Gasteiger partial charge in [0.1, 0.15) is 11.2 Å². The maximum atomic E-state index is 14.4. The molecular weight excluding hydrogens is 421 g/mol. The lowest BCUT2D eigenvalue weighted by atomic mass is 9.69. The van der Waals surface area contributed by atoms with Crippen LogP contribution in [0.1, 0.15) is 45.7 Å². The number of ether oxygens (including phenoxy) is 1. The number of rotatable bonds is 2. The number of carbonyl (C=O) groups is 1. The molecule has 0 saturated carbocycles. The SMILES string of the molecule is Cc1cc(-c2ccnc3[nH]cc(F)c23)ccc1C1(O)[C@H](C)CN(C(=O)OC(C)(C)C)C[C@@H]1C. The van der Waals surface area contributed by atoms with E-state index in [-0.39, 0.29) is 23.7 Å². The molecule has 2 aromatic heterocycles. The molecule has 1 aliphatic heterocycles. The van der Waals surface area contributed by atoms with Crippen LogP contribution < -0.4 is 0 Å². The van der Waals surface area contributed by atoms with Crippen LogP contribution in [0, 0.1) is 24.6 Å². The molecule has 0 bridgehead atoms. The van der Waals surface area contributed by atoms with Gasteiger partial charge in [0.2, 0.25) is 0 Å². The van der Waals surface area contributed by atoms with Crippen molar-refractivity contribution in [1.82, 2.24) is 14.9 Å². The molecule has 176 valence electrons. The highest BCUT2D eigenvalue weighted by Crippen LogP contribution is 2.44. The lowest BCUT2D eigenvalue weighted by molar-refractivity contribution is -0.111. The van der Waals surface area contributed by atoms with Crippen molar-refractivity contribution in [3.05, 3.63) is 53.6 Å². The number of hydrogen-bond acceptors (Lipinski definition) is 4. The third-order valence-corrected chi connectivity index (χ3v) is 6.64. The minimum absolute atomic E-state index is 0.201. The van der Waals surface area contributed by atoms with Gasteiger partial charge in [0.05, 0.1) is 11.0 Å². The maximum absolute atomic E-state index is 14.4. The van der Waals surface area contributed by atoms with E-state index >= 15 is 0 Å². The van der Waals surface area contributed by atoms with Gasteiger partial charge in [-0.25, -0.2) is 14.2 Å². The number of amides is 1. The number of pyridine rings is 1. The normalized spacial score (nSPS) is 23.7. The number of fused-ring (bicyclic) bond motifs is 1. The molecule has 3 atom stereocenters. The van der Waals surface area contributed by atoms with Crippen molar-refractivity contribution < 1.29 is 19.0 Å².